The van der Waals surface area contributed by atoms with Crippen LogP contribution in [0, 0.1) is 0 Å². The van der Waals surface area contributed by atoms with Gasteiger partial charge in [0.05, 0.1) is 4.90 Å². The zero-order valence-electron chi connectivity index (χ0n) is 7.60. The molecule has 0 unspecified atom stereocenters. The molecule has 1 heterocycles. The summed E-state index contributed by atoms with van der Waals surface area (Å²) in [7, 11) is -3.22. The molecule has 0 amide bonds. The molecular weight excluding hydrogens is 198 g/mol. The van der Waals surface area contributed by atoms with E-state index in [0.29, 0.717) is 18.0 Å². The number of rotatable bonds is 2. The van der Waals surface area contributed by atoms with Gasteiger partial charge in [-0.1, -0.05) is 18.2 Å². The number of sulfone groups is 1. The summed E-state index contributed by atoms with van der Waals surface area (Å²) in [6.45, 7) is 1.37. The van der Waals surface area contributed by atoms with Crippen LogP contribution in [-0.4, -0.2) is 21.5 Å². The van der Waals surface area contributed by atoms with E-state index in [1.54, 1.807) is 30.3 Å². The molecule has 1 N–H and O–H groups in total. The predicted octanol–water partition coefficient (Wildman–Crippen LogP) is 0.947. The van der Waals surface area contributed by atoms with Gasteiger partial charge < -0.3 is 5.32 Å². The fraction of sp³-hybridized carbons (Fsp3) is 0.200. The monoisotopic (exact) mass is 209 g/mol. The molecule has 0 bridgehead atoms. The Labute approximate surface area is 83.4 Å². The van der Waals surface area contributed by atoms with Crippen molar-refractivity contribution in [3.05, 3.63) is 41.3 Å². The van der Waals surface area contributed by atoms with E-state index in [9.17, 15) is 8.42 Å². The first-order valence-electron chi connectivity index (χ1n) is 4.39. The highest BCUT2D eigenvalue weighted by Crippen LogP contribution is 2.14. The van der Waals surface area contributed by atoms with Crippen LogP contribution in [0.3, 0.4) is 0 Å². The fourth-order valence-electron chi connectivity index (χ4n) is 1.25. The van der Waals surface area contributed by atoms with E-state index in [4.69, 9.17) is 0 Å². The van der Waals surface area contributed by atoms with Crippen LogP contribution in [0.1, 0.15) is 0 Å². The molecule has 0 aliphatic carbocycles. The minimum Gasteiger partial charge on any atom is -0.309 e. The first-order valence-corrected chi connectivity index (χ1v) is 5.93. The molecule has 14 heavy (non-hydrogen) atoms. The Morgan fingerprint density at radius 1 is 1.14 bits per heavy atom. The topological polar surface area (TPSA) is 46.2 Å². The summed E-state index contributed by atoms with van der Waals surface area (Å²) in [4.78, 5) is 0.361. The van der Waals surface area contributed by atoms with Gasteiger partial charge in [-0.2, -0.15) is 0 Å². The molecule has 0 spiro atoms. The number of nitrogens with one attached hydrogen (secondary N) is 1. The summed E-state index contributed by atoms with van der Waals surface area (Å²) in [6.07, 6.45) is 0. The van der Waals surface area contributed by atoms with Crippen molar-refractivity contribution >= 4 is 9.84 Å². The lowest BCUT2D eigenvalue weighted by molar-refractivity contribution is 0.601. The molecule has 1 aromatic carbocycles. The fourth-order valence-corrected chi connectivity index (χ4v) is 2.53. The zero-order chi connectivity index (χ0) is 10.0. The highest BCUT2D eigenvalue weighted by Gasteiger charge is 2.15. The van der Waals surface area contributed by atoms with Crippen molar-refractivity contribution in [2.45, 2.75) is 4.90 Å². The summed E-state index contributed by atoms with van der Waals surface area (Å²) in [6, 6.07) is 8.48. The van der Waals surface area contributed by atoms with Gasteiger partial charge in [-0.25, -0.2) is 8.42 Å². The average Bonchev–Trinajstić information content (AvgIpc) is 2.13. The van der Waals surface area contributed by atoms with Crippen LogP contribution < -0.4 is 5.32 Å². The first-order chi connectivity index (χ1) is 6.68. The van der Waals surface area contributed by atoms with Crippen molar-refractivity contribution < 1.29 is 8.42 Å². The van der Waals surface area contributed by atoms with E-state index in [1.165, 1.54) is 5.41 Å². The van der Waals surface area contributed by atoms with E-state index in [1.807, 2.05) is 0 Å². The average molecular weight is 209 g/mol. The third-order valence-corrected chi connectivity index (χ3v) is 3.67. The molecule has 0 atom stereocenters. The van der Waals surface area contributed by atoms with Crippen LogP contribution >= 0.6 is 0 Å². The van der Waals surface area contributed by atoms with E-state index in [-0.39, 0.29) is 0 Å². The Hall–Kier alpha value is -1.13. The van der Waals surface area contributed by atoms with Crippen LogP contribution in [0.15, 0.2) is 46.2 Å². The van der Waals surface area contributed by atoms with Gasteiger partial charge >= 0.3 is 0 Å². The van der Waals surface area contributed by atoms with Crippen LogP contribution in [0.2, 0.25) is 0 Å². The number of hydrogen-bond donors (Lipinski definition) is 1. The maximum Gasteiger partial charge on any atom is 0.199 e. The zero-order valence-corrected chi connectivity index (χ0v) is 8.42. The van der Waals surface area contributed by atoms with Crippen molar-refractivity contribution in [3.63, 3.8) is 0 Å². The summed E-state index contributed by atoms with van der Waals surface area (Å²) in [5, 5.41) is 4.36. The van der Waals surface area contributed by atoms with E-state index < -0.39 is 9.84 Å². The molecule has 0 aromatic heterocycles. The van der Waals surface area contributed by atoms with Gasteiger partial charge in [0.15, 0.2) is 9.84 Å². The maximum absolute atomic E-state index is 11.7. The molecule has 1 fully saturated rings. The molecule has 4 heteroatoms. The van der Waals surface area contributed by atoms with Crippen LogP contribution in [0.25, 0.3) is 0 Å². The summed E-state index contributed by atoms with van der Waals surface area (Å²) >= 11 is 0. The van der Waals surface area contributed by atoms with Gasteiger partial charge in [0.25, 0.3) is 0 Å². The highest BCUT2D eigenvalue weighted by atomic mass is 32.2. The lowest BCUT2D eigenvalue weighted by Gasteiger charge is -2.18. The molecule has 1 saturated heterocycles. The van der Waals surface area contributed by atoms with Crippen molar-refractivity contribution in [2.24, 2.45) is 0 Å². The van der Waals surface area contributed by atoms with Crippen LogP contribution in [0.4, 0.5) is 0 Å². The van der Waals surface area contributed by atoms with Gasteiger partial charge in [0.1, 0.15) is 0 Å². The number of benzene rings is 1. The third kappa shape index (κ3) is 1.86. The van der Waals surface area contributed by atoms with Gasteiger partial charge in [0, 0.05) is 18.5 Å². The van der Waals surface area contributed by atoms with Crippen LogP contribution in [-0.2, 0) is 9.84 Å². The Balaban J connectivity index is 2.33. The minimum absolute atomic E-state index is 0.361. The molecular formula is C10H11NO2S. The third-order valence-electron chi connectivity index (χ3n) is 2.10. The van der Waals surface area contributed by atoms with Crippen molar-refractivity contribution in [1.29, 1.82) is 0 Å². The van der Waals surface area contributed by atoms with Crippen LogP contribution in [0.5, 0.6) is 0 Å². The molecule has 2 rings (SSSR count). The van der Waals surface area contributed by atoms with E-state index in [2.05, 4.69) is 5.32 Å². The van der Waals surface area contributed by atoms with Gasteiger partial charge in [0.2, 0.25) is 0 Å². The van der Waals surface area contributed by atoms with Crippen molar-refractivity contribution in [1.82, 2.24) is 5.32 Å². The maximum atomic E-state index is 11.7. The first kappa shape index (κ1) is 9.43. The Bertz CT molecular complexity index is 442. The Morgan fingerprint density at radius 2 is 1.79 bits per heavy atom. The van der Waals surface area contributed by atoms with Crippen molar-refractivity contribution in [2.75, 3.05) is 13.1 Å². The molecule has 1 aliphatic rings. The van der Waals surface area contributed by atoms with E-state index in [0.717, 1.165) is 5.57 Å². The van der Waals surface area contributed by atoms with Crippen molar-refractivity contribution in [3.8, 4) is 0 Å². The van der Waals surface area contributed by atoms with Gasteiger partial charge in [-0.15, -0.1) is 0 Å². The lowest BCUT2D eigenvalue weighted by atomic mass is 10.2. The Kier molecular flexibility index (Phi) is 2.39. The number of hydrogen-bond acceptors (Lipinski definition) is 3. The minimum atomic E-state index is -3.22. The lowest BCUT2D eigenvalue weighted by Crippen LogP contribution is -2.34. The van der Waals surface area contributed by atoms with Gasteiger partial charge in [-0.05, 0) is 17.7 Å². The second kappa shape index (κ2) is 3.55. The Morgan fingerprint density at radius 3 is 2.29 bits per heavy atom. The standard InChI is InChI=1S/C10H11NO2S/c12-14(13,8-9-6-11-7-9)10-4-2-1-3-5-10/h1-5,8,11H,6-7H2. The second-order valence-corrected chi connectivity index (χ2v) is 5.03. The smallest absolute Gasteiger partial charge is 0.199 e. The SMILES string of the molecule is O=S(=O)(C=C1CNC1)c1ccccc1. The second-order valence-electron chi connectivity index (χ2n) is 3.24. The quantitative estimate of drug-likeness (QED) is 0.788. The molecule has 1 aromatic rings. The summed E-state index contributed by atoms with van der Waals surface area (Å²) in [5.41, 5.74) is 0.939. The molecule has 0 saturated carbocycles. The molecule has 3 nitrogen and oxygen atoms in total. The molecule has 74 valence electrons. The highest BCUT2D eigenvalue weighted by molar-refractivity contribution is 7.94. The molecule has 1 aliphatic heterocycles. The van der Waals surface area contributed by atoms with Gasteiger partial charge in [-0.3, -0.25) is 0 Å². The summed E-state index contributed by atoms with van der Waals surface area (Å²) < 4.78 is 23.5. The predicted molar refractivity (Wildman–Crippen MR) is 54.6 cm³/mol. The summed E-state index contributed by atoms with van der Waals surface area (Å²) in [5.74, 6) is 0. The normalized spacial score (nSPS) is 16.1. The largest absolute Gasteiger partial charge is 0.309 e. The molecule has 0 radical (unpaired) electrons. The van der Waals surface area contributed by atoms with E-state index >= 15 is 0 Å².